The SMILES string of the molecule is CCn1ncn(NC(=O)Nc2cc(F)c(F)cc2OC)c1=O. The maximum Gasteiger partial charge on any atom is 0.364 e. The Hall–Kier alpha value is -2.91. The number of hydrogen-bond acceptors (Lipinski definition) is 4. The molecule has 0 aliphatic rings. The van der Waals surface area contributed by atoms with E-state index in [-0.39, 0.29) is 11.4 Å². The Morgan fingerprint density at radius 1 is 1.36 bits per heavy atom. The average molecular weight is 313 g/mol. The lowest BCUT2D eigenvalue weighted by Crippen LogP contribution is -2.36. The number of carbonyl (C=O) groups excluding carboxylic acids is 1. The lowest BCUT2D eigenvalue weighted by molar-refractivity contribution is 0.259. The van der Waals surface area contributed by atoms with E-state index in [2.05, 4.69) is 15.8 Å². The molecule has 2 N–H and O–H groups in total. The number of halogens is 2. The summed E-state index contributed by atoms with van der Waals surface area (Å²) in [7, 11) is 1.24. The van der Waals surface area contributed by atoms with Crippen LogP contribution in [0.5, 0.6) is 5.75 Å². The smallest absolute Gasteiger partial charge is 0.364 e. The summed E-state index contributed by atoms with van der Waals surface area (Å²) in [6.07, 6.45) is 1.12. The van der Waals surface area contributed by atoms with Gasteiger partial charge in [-0.2, -0.15) is 9.77 Å². The van der Waals surface area contributed by atoms with E-state index >= 15 is 0 Å². The second-order valence-corrected chi connectivity index (χ2v) is 4.13. The van der Waals surface area contributed by atoms with Crippen LogP contribution in [0.1, 0.15) is 6.92 Å². The molecule has 1 aromatic heterocycles. The fourth-order valence-corrected chi connectivity index (χ4v) is 1.69. The summed E-state index contributed by atoms with van der Waals surface area (Å²) in [6, 6.07) is 0.722. The van der Waals surface area contributed by atoms with E-state index in [1.807, 2.05) is 0 Å². The first kappa shape index (κ1) is 15.5. The summed E-state index contributed by atoms with van der Waals surface area (Å²) in [6.45, 7) is 2.05. The molecular weight excluding hydrogens is 300 g/mol. The van der Waals surface area contributed by atoms with Gasteiger partial charge in [-0.25, -0.2) is 28.5 Å². The zero-order valence-electron chi connectivity index (χ0n) is 11.8. The van der Waals surface area contributed by atoms with Gasteiger partial charge in [0.1, 0.15) is 12.1 Å². The van der Waals surface area contributed by atoms with Crippen LogP contribution in [0.25, 0.3) is 0 Å². The van der Waals surface area contributed by atoms with Crippen molar-refractivity contribution in [1.82, 2.24) is 14.5 Å². The minimum absolute atomic E-state index is 0.0642. The van der Waals surface area contributed by atoms with Crippen molar-refractivity contribution in [2.75, 3.05) is 17.9 Å². The topological polar surface area (TPSA) is 90.2 Å². The molecule has 22 heavy (non-hydrogen) atoms. The van der Waals surface area contributed by atoms with Crippen molar-refractivity contribution in [1.29, 1.82) is 0 Å². The van der Waals surface area contributed by atoms with E-state index in [1.165, 1.54) is 7.11 Å². The van der Waals surface area contributed by atoms with E-state index in [9.17, 15) is 18.4 Å². The van der Waals surface area contributed by atoms with Gasteiger partial charge in [-0.15, -0.1) is 0 Å². The molecule has 0 aliphatic carbocycles. The van der Waals surface area contributed by atoms with E-state index < -0.39 is 23.4 Å². The van der Waals surface area contributed by atoms with Gasteiger partial charge in [-0.1, -0.05) is 0 Å². The highest BCUT2D eigenvalue weighted by Gasteiger charge is 2.14. The molecule has 0 fully saturated rings. The number of rotatable bonds is 4. The van der Waals surface area contributed by atoms with Gasteiger partial charge in [-0.05, 0) is 6.92 Å². The van der Waals surface area contributed by atoms with E-state index in [0.29, 0.717) is 6.54 Å². The number of amides is 2. The normalized spacial score (nSPS) is 10.4. The highest BCUT2D eigenvalue weighted by Crippen LogP contribution is 2.26. The van der Waals surface area contributed by atoms with Gasteiger partial charge < -0.3 is 10.1 Å². The Morgan fingerprint density at radius 3 is 2.64 bits per heavy atom. The molecular formula is C12H13F2N5O3. The molecule has 0 saturated carbocycles. The molecule has 10 heteroatoms. The average Bonchev–Trinajstić information content (AvgIpc) is 2.83. The minimum Gasteiger partial charge on any atom is -0.494 e. The van der Waals surface area contributed by atoms with Crippen LogP contribution in [0, 0.1) is 11.6 Å². The van der Waals surface area contributed by atoms with Gasteiger partial charge in [0, 0.05) is 18.7 Å². The molecule has 2 rings (SSSR count). The fraction of sp³-hybridized carbons (Fsp3) is 0.250. The van der Waals surface area contributed by atoms with Crippen molar-refractivity contribution in [2.45, 2.75) is 13.5 Å². The molecule has 0 bridgehead atoms. The zero-order valence-corrected chi connectivity index (χ0v) is 11.8. The third-order valence-electron chi connectivity index (χ3n) is 2.75. The summed E-state index contributed by atoms with van der Waals surface area (Å²) >= 11 is 0. The molecule has 1 aromatic carbocycles. The standard InChI is InChI=1S/C12H13F2N5O3/c1-3-18-12(21)19(6-15-18)17-11(20)16-9-4-7(13)8(14)5-10(9)22-2/h4-6H,3H2,1-2H3,(H2,16,17,20). The number of ether oxygens (including phenoxy) is 1. The van der Waals surface area contributed by atoms with Gasteiger partial charge in [0.05, 0.1) is 12.8 Å². The Kier molecular flexibility index (Phi) is 4.39. The van der Waals surface area contributed by atoms with Crippen molar-refractivity contribution >= 4 is 11.7 Å². The van der Waals surface area contributed by atoms with E-state index in [0.717, 1.165) is 27.8 Å². The van der Waals surface area contributed by atoms with Crippen LogP contribution in [0.2, 0.25) is 0 Å². The quantitative estimate of drug-likeness (QED) is 0.885. The Bertz CT molecular complexity index is 756. The van der Waals surface area contributed by atoms with Gasteiger partial charge >= 0.3 is 11.7 Å². The number of benzene rings is 1. The second-order valence-electron chi connectivity index (χ2n) is 4.13. The Balaban J connectivity index is 2.17. The summed E-state index contributed by atoms with van der Waals surface area (Å²) in [5, 5.41) is 6.00. The molecule has 0 saturated heterocycles. The van der Waals surface area contributed by atoms with Gasteiger partial charge in [0.15, 0.2) is 11.6 Å². The number of anilines is 1. The number of hydrogen-bond donors (Lipinski definition) is 2. The number of carbonyl (C=O) groups is 1. The molecule has 2 aromatic rings. The summed E-state index contributed by atoms with van der Waals surface area (Å²) in [4.78, 5) is 23.5. The lowest BCUT2D eigenvalue weighted by Gasteiger charge is -2.11. The molecule has 0 radical (unpaired) electrons. The summed E-state index contributed by atoms with van der Waals surface area (Å²) < 4.78 is 33.1. The third-order valence-corrected chi connectivity index (χ3v) is 2.75. The predicted octanol–water partition coefficient (Wildman–Crippen LogP) is 1.13. The number of methoxy groups -OCH3 is 1. The van der Waals surface area contributed by atoms with Gasteiger partial charge in [0.25, 0.3) is 0 Å². The molecule has 0 unspecified atom stereocenters. The lowest BCUT2D eigenvalue weighted by atomic mass is 10.2. The summed E-state index contributed by atoms with van der Waals surface area (Å²) in [5.74, 6) is -2.32. The van der Waals surface area contributed by atoms with Crippen molar-refractivity contribution in [3.63, 3.8) is 0 Å². The Morgan fingerprint density at radius 2 is 2.05 bits per heavy atom. The van der Waals surface area contributed by atoms with Crippen LogP contribution >= 0.6 is 0 Å². The number of aromatic nitrogens is 3. The number of nitrogens with one attached hydrogen (secondary N) is 2. The molecule has 0 spiro atoms. The molecule has 0 atom stereocenters. The molecule has 8 nitrogen and oxygen atoms in total. The Labute approximate surface area is 123 Å². The second kappa shape index (κ2) is 6.24. The van der Waals surface area contributed by atoms with Crippen LogP contribution in [0.4, 0.5) is 19.3 Å². The zero-order chi connectivity index (χ0) is 16.3. The molecule has 118 valence electrons. The number of nitrogens with zero attached hydrogens (tertiary/aromatic N) is 3. The van der Waals surface area contributed by atoms with Crippen molar-refractivity contribution in [2.24, 2.45) is 0 Å². The van der Waals surface area contributed by atoms with Crippen molar-refractivity contribution < 1.29 is 18.3 Å². The first-order valence-corrected chi connectivity index (χ1v) is 6.21. The number of urea groups is 1. The van der Waals surface area contributed by atoms with Crippen LogP contribution in [0.3, 0.4) is 0 Å². The first-order valence-electron chi connectivity index (χ1n) is 6.21. The monoisotopic (exact) mass is 313 g/mol. The molecule has 0 aliphatic heterocycles. The molecule has 2 amide bonds. The third kappa shape index (κ3) is 3.05. The van der Waals surface area contributed by atoms with Crippen LogP contribution in [-0.4, -0.2) is 27.6 Å². The maximum atomic E-state index is 13.2. The van der Waals surface area contributed by atoms with Crippen LogP contribution < -0.4 is 21.2 Å². The van der Waals surface area contributed by atoms with Gasteiger partial charge in [0.2, 0.25) is 0 Å². The fourth-order valence-electron chi connectivity index (χ4n) is 1.69. The first-order chi connectivity index (χ1) is 10.5. The molecule has 1 heterocycles. The van der Waals surface area contributed by atoms with Crippen LogP contribution in [0.15, 0.2) is 23.3 Å². The number of aryl methyl sites for hydroxylation is 1. The van der Waals surface area contributed by atoms with E-state index in [1.54, 1.807) is 6.92 Å². The minimum atomic E-state index is -1.15. The van der Waals surface area contributed by atoms with Gasteiger partial charge in [-0.3, -0.25) is 0 Å². The summed E-state index contributed by atoms with van der Waals surface area (Å²) in [5.41, 5.74) is 1.56. The van der Waals surface area contributed by atoms with Crippen molar-refractivity contribution in [3.8, 4) is 5.75 Å². The largest absolute Gasteiger partial charge is 0.494 e. The maximum absolute atomic E-state index is 13.2. The predicted molar refractivity (Wildman–Crippen MR) is 73.5 cm³/mol. The highest BCUT2D eigenvalue weighted by atomic mass is 19.2. The highest BCUT2D eigenvalue weighted by molar-refractivity contribution is 5.96. The van der Waals surface area contributed by atoms with E-state index in [4.69, 9.17) is 4.74 Å². The van der Waals surface area contributed by atoms with Crippen molar-refractivity contribution in [3.05, 3.63) is 40.6 Å². The van der Waals surface area contributed by atoms with Crippen LogP contribution in [-0.2, 0) is 6.54 Å².